The van der Waals surface area contributed by atoms with Crippen LogP contribution in [0.1, 0.15) is 60.6 Å². The van der Waals surface area contributed by atoms with Crippen molar-refractivity contribution in [3.05, 3.63) is 105 Å². The van der Waals surface area contributed by atoms with Crippen LogP contribution in [0.2, 0.25) is 0 Å². The molecule has 3 aliphatic heterocycles. The van der Waals surface area contributed by atoms with Gasteiger partial charge in [-0.2, -0.15) is 0 Å². The molecule has 20 heteroatoms. The van der Waals surface area contributed by atoms with Gasteiger partial charge in [-0.05, 0) is 54.5 Å². The fraction of sp³-hybridized carbons (Fsp3) is 0.205. The maximum absolute atomic E-state index is 14.0. The molecule has 0 radical (unpaired) electrons. The van der Waals surface area contributed by atoms with E-state index in [1.54, 1.807) is 0 Å². The van der Waals surface area contributed by atoms with Crippen LogP contribution in [0.5, 0.6) is 80.5 Å². The first-order valence-electron chi connectivity index (χ1n) is 19.1. The lowest BCUT2D eigenvalue weighted by Gasteiger charge is -2.37. The molecule has 6 atom stereocenters. The second-order valence-electron chi connectivity index (χ2n) is 15.6. The number of carbonyl (C=O) groups excluding carboxylic acids is 3. The van der Waals surface area contributed by atoms with Crippen LogP contribution < -0.4 is 14.2 Å². The second kappa shape index (κ2) is 14.3. The average molecular weight is 883 g/mol. The molecule has 4 aliphatic rings. The number of rotatable bonds is 6. The normalized spacial score (nSPS) is 22.7. The van der Waals surface area contributed by atoms with E-state index in [1.165, 1.54) is 13.0 Å². The zero-order chi connectivity index (χ0) is 45.8. The smallest absolute Gasteiger partial charge is 0.338 e. The van der Waals surface area contributed by atoms with Crippen LogP contribution in [-0.4, -0.2) is 103 Å². The molecule has 0 aromatic heterocycles. The summed E-state index contributed by atoms with van der Waals surface area (Å²) in [6.07, 6.45) is -6.17. The lowest BCUT2D eigenvalue weighted by atomic mass is 9.79. The number of aryl methyl sites for hydroxylation is 1. The van der Waals surface area contributed by atoms with Crippen molar-refractivity contribution in [1.82, 2.24) is 0 Å². The van der Waals surface area contributed by atoms with E-state index in [9.17, 15) is 75.7 Å². The molecular formula is C44H34O20. The second-order valence-corrected chi connectivity index (χ2v) is 15.6. The van der Waals surface area contributed by atoms with E-state index in [-0.39, 0.29) is 56.9 Å². The number of phenols is 11. The minimum absolute atomic E-state index is 0.0114. The number of hydrogen-bond donors (Lipinski definition) is 12. The Morgan fingerprint density at radius 3 is 1.64 bits per heavy atom. The van der Waals surface area contributed by atoms with Crippen LogP contribution in [0, 0.1) is 6.92 Å². The summed E-state index contributed by atoms with van der Waals surface area (Å²) in [5, 5.41) is 127. The average Bonchev–Trinajstić information content (AvgIpc) is 3.68. The van der Waals surface area contributed by atoms with Gasteiger partial charge in [-0.1, -0.05) is 0 Å². The highest BCUT2D eigenvalue weighted by Crippen LogP contribution is 2.61. The van der Waals surface area contributed by atoms with Gasteiger partial charge in [0.2, 0.25) is 11.5 Å². The molecule has 0 saturated heterocycles. The van der Waals surface area contributed by atoms with Gasteiger partial charge in [-0.15, -0.1) is 0 Å². The third-order valence-corrected chi connectivity index (χ3v) is 11.5. The van der Waals surface area contributed by atoms with Gasteiger partial charge in [0.1, 0.15) is 46.7 Å². The van der Waals surface area contributed by atoms with Gasteiger partial charge in [-0.3, -0.25) is 4.79 Å². The van der Waals surface area contributed by atoms with Crippen LogP contribution in [0.25, 0.3) is 0 Å². The Hall–Kier alpha value is -8.39. The molecule has 0 bridgehead atoms. The molecule has 12 N–H and O–H groups in total. The summed E-state index contributed by atoms with van der Waals surface area (Å²) in [4.78, 5) is 41.4. The molecule has 0 amide bonds. The predicted molar refractivity (Wildman–Crippen MR) is 210 cm³/mol. The Balaban J connectivity index is 1.18. The molecule has 0 saturated carbocycles. The minimum atomic E-state index is -2.93. The number of ketones is 1. The van der Waals surface area contributed by atoms with Crippen molar-refractivity contribution in [1.29, 1.82) is 0 Å². The van der Waals surface area contributed by atoms with Crippen molar-refractivity contribution in [2.24, 2.45) is 0 Å². The van der Waals surface area contributed by atoms with Crippen molar-refractivity contribution < 1.29 is 99.3 Å². The zero-order valence-electron chi connectivity index (χ0n) is 32.7. The molecule has 20 nitrogen and oxygen atoms in total. The highest BCUT2D eigenvalue weighted by atomic mass is 16.6. The molecule has 5 aromatic carbocycles. The lowest BCUT2D eigenvalue weighted by molar-refractivity contribution is -0.163. The van der Waals surface area contributed by atoms with Gasteiger partial charge >= 0.3 is 11.9 Å². The van der Waals surface area contributed by atoms with Gasteiger partial charge in [0, 0.05) is 59.4 Å². The quantitative estimate of drug-likeness (QED) is 0.0856. The Labute approximate surface area is 358 Å². The number of aliphatic hydroxyl groups is 1. The maximum atomic E-state index is 14.0. The number of ether oxygens (including phenoxy) is 5. The Bertz CT molecular complexity index is 2870. The van der Waals surface area contributed by atoms with Gasteiger partial charge in [0.05, 0.1) is 17.0 Å². The van der Waals surface area contributed by atoms with Crippen LogP contribution in [0.3, 0.4) is 0 Å². The molecule has 2 unspecified atom stereocenters. The van der Waals surface area contributed by atoms with Crippen LogP contribution in [0.15, 0.2) is 66.2 Å². The highest BCUT2D eigenvalue weighted by Gasteiger charge is 2.63. The first kappa shape index (κ1) is 41.0. The van der Waals surface area contributed by atoms with E-state index in [0.717, 1.165) is 54.6 Å². The van der Waals surface area contributed by atoms with Crippen molar-refractivity contribution in [2.45, 2.75) is 55.9 Å². The summed E-state index contributed by atoms with van der Waals surface area (Å²) in [7, 11) is 0. The number of carbonyl (C=O) groups is 3. The highest BCUT2D eigenvalue weighted by molar-refractivity contribution is 6.03. The Kier molecular flexibility index (Phi) is 9.19. The van der Waals surface area contributed by atoms with E-state index in [4.69, 9.17) is 23.7 Å². The van der Waals surface area contributed by atoms with E-state index in [2.05, 4.69) is 0 Å². The molecule has 5 aromatic rings. The standard InChI is InChI=1S/C44H34O20/c1-14-2-15(3-25(49)36(14)54)42(57)62-31-11-19-23(47)6-17(45)8-29(19)60-39(31)21-10-28(52)38(56)41-34(21)35-22(13-33(53)44(35,59)64-41)40-32(12-20-24(48)7-18(46)9-30(20)61-40)63-43(58)16-4-26(50)37(55)27(51)5-16/h2-10,13,31-32,35,39-40,45-52,54-56,59H,11-12H2,1H3/t31-,32-,35?,39-,40-,44?/m1/s1. The monoisotopic (exact) mass is 882 g/mol. The summed E-state index contributed by atoms with van der Waals surface area (Å²) in [6.45, 7) is 1.41. The largest absolute Gasteiger partial charge is 0.508 e. The molecule has 64 heavy (non-hydrogen) atoms. The van der Waals surface area contributed by atoms with E-state index in [1.807, 2.05) is 0 Å². The summed E-state index contributed by atoms with van der Waals surface area (Å²) in [5.41, 5.74) is -1.24. The van der Waals surface area contributed by atoms with Crippen molar-refractivity contribution in [3.63, 3.8) is 0 Å². The number of fused-ring (bicyclic) bond motifs is 5. The summed E-state index contributed by atoms with van der Waals surface area (Å²) in [6, 6.07) is 8.92. The number of hydrogen-bond acceptors (Lipinski definition) is 20. The van der Waals surface area contributed by atoms with E-state index < -0.39 is 135 Å². The molecule has 0 spiro atoms. The summed E-state index contributed by atoms with van der Waals surface area (Å²) >= 11 is 0. The lowest BCUT2D eigenvalue weighted by Crippen LogP contribution is -2.46. The third kappa shape index (κ3) is 6.37. The maximum Gasteiger partial charge on any atom is 0.338 e. The fourth-order valence-electron chi connectivity index (χ4n) is 8.55. The summed E-state index contributed by atoms with van der Waals surface area (Å²) in [5.74, 6) is -16.7. The molecule has 0 fully saturated rings. The Morgan fingerprint density at radius 2 is 1.09 bits per heavy atom. The number of esters is 2. The molecular weight excluding hydrogens is 848 g/mol. The van der Waals surface area contributed by atoms with Crippen LogP contribution in [0.4, 0.5) is 0 Å². The van der Waals surface area contributed by atoms with Gasteiger partial charge < -0.3 is 85.0 Å². The van der Waals surface area contributed by atoms with Crippen LogP contribution in [-0.2, 0) is 27.1 Å². The van der Waals surface area contributed by atoms with E-state index >= 15 is 0 Å². The molecule has 1 aliphatic carbocycles. The van der Waals surface area contributed by atoms with Crippen molar-refractivity contribution in [3.8, 4) is 80.5 Å². The number of benzene rings is 5. The van der Waals surface area contributed by atoms with Gasteiger partial charge in [0.15, 0.2) is 52.5 Å². The summed E-state index contributed by atoms with van der Waals surface area (Å²) < 4.78 is 30.0. The first-order valence-corrected chi connectivity index (χ1v) is 19.1. The topological polar surface area (TPSA) is 340 Å². The first-order chi connectivity index (χ1) is 30.2. The minimum Gasteiger partial charge on any atom is -0.508 e. The van der Waals surface area contributed by atoms with Gasteiger partial charge in [0.25, 0.3) is 5.79 Å². The number of aromatic hydroxyl groups is 11. The van der Waals surface area contributed by atoms with Crippen molar-refractivity contribution in [2.75, 3.05) is 0 Å². The number of phenolic OH excluding ortho intramolecular Hbond substituents is 11. The van der Waals surface area contributed by atoms with E-state index in [0.29, 0.717) is 0 Å². The van der Waals surface area contributed by atoms with Crippen molar-refractivity contribution >= 4 is 17.7 Å². The van der Waals surface area contributed by atoms with Gasteiger partial charge in [-0.25, -0.2) is 9.59 Å². The SMILES string of the molecule is Cc1cc(C(=O)O[C@@H]2Cc3c(O)cc(O)cc3O[C@@H]2c2cc(O)c(O)c3c2C2C([C@H]4Oc5cc(O)cc(O)c5C[C@H]4OC(=O)c4cc(O)c(O)c(O)c4)=CC(=O)C2(O)O3)cc(O)c1O. The Morgan fingerprint density at radius 1 is 0.609 bits per heavy atom. The molecule has 330 valence electrons. The zero-order valence-corrected chi connectivity index (χ0v) is 32.7. The predicted octanol–water partition coefficient (Wildman–Crippen LogP) is 3.56. The fourth-order valence-corrected chi connectivity index (χ4v) is 8.55. The van der Waals surface area contributed by atoms with Crippen LogP contribution >= 0.6 is 0 Å². The molecule has 9 rings (SSSR count). The molecule has 3 heterocycles. The third-order valence-electron chi connectivity index (χ3n) is 11.5.